The second-order valence-electron chi connectivity index (χ2n) is 17.5. The molecule has 0 saturated heterocycles. The number of fused-ring (bicyclic) bond motifs is 8. The summed E-state index contributed by atoms with van der Waals surface area (Å²) >= 11 is 0. The molecule has 0 aliphatic carbocycles. The third-order valence-electron chi connectivity index (χ3n) is 12.3. The van der Waals surface area contributed by atoms with Gasteiger partial charge in [-0.15, -0.1) is 0 Å². The van der Waals surface area contributed by atoms with Crippen molar-refractivity contribution < 1.29 is 9.59 Å². The van der Waals surface area contributed by atoms with E-state index in [2.05, 4.69) is 151 Å². The van der Waals surface area contributed by atoms with Crippen LogP contribution in [0.15, 0.2) is 43.5 Å². The zero-order valence-electron chi connectivity index (χ0n) is 38.4. The molecular weight excluding hydrogens is 745 g/mol. The average molecular weight is 815 g/mol. The topological polar surface area (TPSA) is 122 Å². The van der Waals surface area contributed by atoms with Crippen LogP contribution in [0.25, 0.3) is 50.4 Å². The molecule has 2 amide bonds. The zero-order chi connectivity index (χ0) is 44.0. The molecule has 3 aromatic heterocycles. The Morgan fingerprint density at radius 2 is 1.08 bits per heavy atom. The normalized spacial score (nSPS) is 13.2. The highest BCUT2D eigenvalue weighted by Crippen LogP contribution is 2.36. The first-order chi connectivity index (χ1) is 28.4. The Balaban J connectivity index is 1.61. The van der Waals surface area contributed by atoms with Crippen LogP contribution < -0.4 is 10.6 Å². The van der Waals surface area contributed by atoms with Gasteiger partial charge in [-0.2, -0.15) is 0 Å². The summed E-state index contributed by atoms with van der Waals surface area (Å²) < 4.78 is 0. The Morgan fingerprint density at radius 3 is 1.63 bits per heavy atom. The molecule has 4 N–H and O–H groups in total. The summed E-state index contributed by atoms with van der Waals surface area (Å²) in [5, 5.41) is 6.34. The molecule has 8 bridgehead atoms. The molecule has 60 heavy (non-hydrogen) atoms. The fourth-order valence-corrected chi connectivity index (χ4v) is 8.83. The molecule has 0 atom stereocenters. The molecular formula is C50H70N8O2. The molecule has 10 heteroatoms. The first-order valence-corrected chi connectivity index (χ1v) is 21.9. The van der Waals surface area contributed by atoms with Gasteiger partial charge in [0.25, 0.3) is 0 Å². The van der Waals surface area contributed by atoms with Gasteiger partial charge in [0.1, 0.15) is 0 Å². The number of aromatic amines is 2. The van der Waals surface area contributed by atoms with Gasteiger partial charge in [0.05, 0.1) is 22.8 Å². The highest BCUT2D eigenvalue weighted by Gasteiger charge is 2.22. The first-order valence-electron chi connectivity index (χ1n) is 21.9. The standard InChI is InChI=1S/C50H70N8O2/c1-15-37-33(11)41-25-42-35(13)39(17-19-49(59)51-21-23-57(29(3)4)30(5)6)47(55-42)28-48-40(18-20-50(60)52-22-24-58(31(7)8)32(9)10)36(14)44(56-48)27-46-38(16-2)34(12)43(54-46)26-45(37)53-41/h15-16,25-32,53,56H,1-2,17-24H2,3-14H3,(H,51,59)(H,52,60). The van der Waals surface area contributed by atoms with E-state index in [1.165, 1.54) is 0 Å². The molecule has 0 unspecified atom stereocenters. The number of H-pyrrole nitrogens is 2. The van der Waals surface area contributed by atoms with Crippen LogP contribution in [0, 0.1) is 13.8 Å². The van der Waals surface area contributed by atoms with Gasteiger partial charge in [0.2, 0.25) is 11.8 Å². The lowest BCUT2D eigenvalue weighted by atomic mass is 10.00. The van der Waals surface area contributed by atoms with Crippen molar-refractivity contribution >= 4 is 62.2 Å². The maximum atomic E-state index is 13.4. The van der Waals surface area contributed by atoms with Gasteiger partial charge >= 0.3 is 0 Å². The molecule has 2 aliphatic heterocycles. The summed E-state index contributed by atoms with van der Waals surface area (Å²) in [6, 6.07) is 9.98. The Hall–Kier alpha value is -5.06. The SMILES string of the molecule is C=CC1=C(C)c2cc3[nH]c(cc4nc(cc5[nH]c(cc1n2)c(C)c5CCC(=O)NCCN(C(C)C)C(C)C)C(CCC(=O)NCCN(C(C)C)C(C)C)=C4C)c(C)c3C=C. The van der Waals surface area contributed by atoms with E-state index >= 15 is 0 Å². The monoisotopic (exact) mass is 815 g/mol. The Kier molecular flexibility index (Phi) is 15.3. The highest BCUT2D eigenvalue weighted by atomic mass is 16.2. The largest absolute Gasteiger partial charge is 0.355 e. The molecule has 5 rings (SSSR count). The Morgan fingerprint density at radius 1 is 0.617 bits per heavy atom. The molecule has 3 aromatic rings. The number of aryl methyl sites for hydroxylation is 3. The molecule has 0 aromatic carbocycles. The van der Waals surface area contributed by atoms with Crippen LogP contribution in [-0.2, 0) is 16.0 Å². The van der Waals surface area contributed by atoms with E-state index < -0.39 is 0 Å². The van der Waals surface area contributed by atoms with Crippen LogP contribution in [0.5, 0.6) is 0 Å². The number of hydrogen-bond donors (Lipinski definition) is 4. The van der Waals surface area contributed by atoms with Crippen molar-refractivity contribution in [2.24, 2.45) is 0 Å². The van der Waals surface area contributed by atoms with Crippen LogP contribution in [0.4, 0.5) is 0 Å². The molecule has 0 fully saturated rings. The third kappa shape index (κ3) is 10.4. The second-order valence-corrected chi connectivity index (χ2v) is 17.5. The number of amides is 2. The van der Waals surface area contributed by atoms with Crippen molar-refractivity contribution in [3.8, 4) is 0 Å². The smallest absolute Gasteiger partial charge is 0.220 e. The van der Waals surface area contributed by atoms with Gasteiger partial charge in [-0.1, -0.05) is 25.3 Å². The summed E-state index contributed by atoms with van der Waals surface area (Å²) in [6.45, 7) is 37.0. The fraction of sp³-hybridized carbons (Fsp3) is 0.480. The predicted octanol–water partition coefficient (Wildman–Crippen LogP) is 9.80. The van der Waals surface area contributed by atoms with Crippen molar-refractivity contribution in [2.75, 3.05) is 26.2 Å². The van der Waals surface area contributed by atoms with Crippen molar-refractivity contribution in [2.45, 2.75) is 133 Å². The van der Waals surface area contributed by atoms with Crippen molar-refractivity contribution in [3.63, 3.8) is 0 Å². The van der Waals surface area contributed by atoms with Gasteiger partial charge in [-0.3, -0.25) is 19.4 Å². The number of hydrogen-bond acceptors (Lipinski definition) is 6. The van der Waals surface area contributed by atoms with Crippen molar-refractivity contribution in [1.82, 2.24) is 40.4 Å². The van der Waals surface area contributed by atoms with Crippen LogP contribution in [0.3, 0.4) is 0 Å². The van der Waals surface area contributed by atoms with E-state index in [1.807, 2.05) is 12.2 Å². The van der Waals surface area contributed by atoms with E-state index in [1.54, 1.807) is 0 Å². The van der Waals surface area contributed by atoms with E-state index in [-0.39, 0.29) is 11.8 Å². The zero-order valence-corrected chi connectivity index (χ0v) is 38.4. The average Bonchev–Trinajstić information content (AvgIpc) is 3.84. The summed E-state index contributed by atoms with van der Waals surface area (Å²) in [5.41, 5.74) is 15.2. The van der Waals surface area contributed by atoms with Gasteiger partial charge in [0, 0.05) is 96.4 Å². The number of carbonyl (C=O) groups is 2. The molecule has 10 nitrogen and oxygen atoms in total. The van der Waals surface area contributed by atoms with Gasteiger partial charge in [0.15, 0.2) is 0 Å². The van der Waals surface area contributed by atoms with Gasteiger partial charge in [-0.25, -0.2) is 9.97 Å². The predicted molar refractivity (Wildman–Crippen MR) is 253 cm³/mol. The van der Waals surface area contributed by atoms with Gasteiger partial charge < -0.3 is 20.6 Å². The van der Waals surface area contributed by atoms with Crippen LogP contribution >= 0.6 is 0 Å². The van der Waals surface area contributed by atoms with E-state index in [9.17, 15) is 9.59 Å². The lowest BCUT2D eigenvalue weighted by Gasteiger charge is -2.30. The minimum absolute atomic E-state index is 0.0212. The van der Waals surface area contributed by atoms with Crippen LogP contribution in [0.2, 0.25) is 0 Å². The van der Waals surface area contributed by atoms with E-state index in [0.717, 1.165) is 102 Å². The molecule has 0 spiro atoms. The molecule has 2 aliphatic rings. The molecule has 5 heterocycles. The van der Waals surface area contributed by atoms with E-state index in [4.69, 9.17) is 9.97 Å². The second kappa shape index (κ2) is 20.0. The molecule has 0 saturated carbocycles. The van der Waals surface area contributed by atoms with Gasteiger partial charge in [-0.05, 0) is 154 Å². The number of nitrogens with zero attached hydrogens (tertiary/aromatic N) is 4. The number of allylic oxidation sites excluding steroid dienone is 5. The maximum Gasteiger partial charge on any atom is 0.220 e. The summed E-state index contributed by atoms with van der Waals surface area (Å²) in [5.74, 6) is 0.0448. The summed E-state index contributed by atoms with van der Waals surface area (Å²) in [6.07, 6.45) is 5.52. The Labute approximate surface area is 358 Å². The molecule has 0 radical (unpaired) electrons. The first kappa shape index (κ1) is 46.0. The minimum atomic E-state index is 0.0212. The number of nitrogens with one attached hydrogen (secondary N) is 4. The number of rotatable bonds is 18. The maximum absolute atomic E-state index is 13.4. The van der Waals surface area contributed by atoms with Crippen molar-refractivity contribution in [3.05, 3.63) is 88.5 Å². The molecule has 322 valence electrons. The lowest BCUT2D eigenvalue weighted by molar-refractivity contribution is -0.121. The highest BCUT2D eigenvalue weighted by molar-refractivity contribution is 5.98. The quantitative estimate of drug-likeness (QED) is 0.102. The van der Waals surface area contributed by atoms with Crippen LogP contribution in [0.1, 0.15) is 134 Å². The summed E-state index contributed by atoms with van der Waals surface area (Å²) in [4.78, 5) is 49.2. The fourth-order valence-electron chi connectivity index (χ4n) is 8.83. The van der Waals surface area contributed by atoms with Crippen LogP contribution in [-0.4, -0.2) is 91.9 Å². The number of aromatic nitrogens is 4. The van der Waals surface area contributed by atoms with Crippen molar-refractivity contribution in [1.29, 1.82) is 0 Å². The lowest BCUT2D eigenvalue weighted by Crippen LogP contribution is -2.42. The summed E-state index contributed by atoms with van der Waals surface area (Å²) in [7, 11) is 0. The minimum Gasteiger partial charge on any atom is -0.355 e. The number of carbonyl (C=O) groups excluding carboxylic acids is 2. The third-order valence-corrected chi connectivity index (χ3v) is 12.3. The van der Waals surface area contributed by atoms with E-state index in [0.29, 0.717) is 62.9 Å². The Bertz CT molecular complexity index is 2320.